The van der Waals surface area contributed by atoms with Gasteiger partial charge in [-0.25, -0.2) is 18.6 Å². The number of amides is 1. The summed E-state index contributed by atoms with van der Waals surface area (Å²) in [7, 11) is 3.34. The topological polar surface area (TPSA) is 76.6 Å². The molecule has 30 heavy (non-hydrogen) atoms. The maximum absolute atomic E-state index is 14.5. The Balaban J connectivity index is 1.91. The van der Waals surface area contributed by atoms with Gasteiger partial charge in [-0.3, -0.25) is 0 Å². The maximum atomic E-state index is 14.5. The van der Waals surface area contributed by atoms with Gasteiger partial charge in [0.25, 0.3) is 0 Å². The van der Waals surface area contributed by atoms with Gasteiger partial charge in [0.05, 0.1) is 13.2 Å². The fraction of sp³-hybridized carbons (Fsp3) is 0.450. The Morgan fingerprint density at radius 1 is 1.30 bits per heavy atom. The van der Waals surface area contributed by atoms with Crippen molar-refractivity contribution in [2.75, 3.05) is 25.1 Å². The van der Waals surface area contributed by atoms with Gasteiger partial charge in [0.15, 0.2) is 0 Å². The van der Waals surface area contributed by atoms with E-state index >= 15 is 0 Å². The average molecular weight is 418 g/mol. The van der Waals surface area contributed by atoms with Crippen LogP contribution < -0.4 is 20.4 Å². The van der Waals surface area contributed by atoms with Crippen LogP contribution in [0, 0.1) is 11.6 Å². The van der Waals surface area contributed by atoms with Crippen LogP contribution in [0.2, 0.25) is 0 Å². The maximum Gasteiger partial charge on any atom is 0.407 e. The largest absolute Gasteiger partial charge is 0.481 e. The summed E-state index contributed by atoms with van der Waals surface area (Å²) in [6.45, 7) is 5.84. The highest BCUT2D eigenvalue weighted by Gasteiger charge is 2.38. The Labute approximate surface area is 175 Å². The molecule has 1 fully saturated rings. The zero-order valence-electron chi connectivity index (χ0n) is 17.7. The van der Waals surface area contributed by atoms with E-state index in [9.17, 15) is 13.6 Å². The molecule has 1 saturated heterocycles. The minimum atomic E-state index is -0.685. The van der Waals surface area contributed by atoms with Crippen molar-refractivity contribution in [1.82, 2.24) is 15.3 Å². The first-order valence-corrected chi connectivity index (χ1v) is 9.64. The van der Waals surface area contributed by atoms with Crippen molar-refractivity contribution in [2.45, 2.75) is 38.3 Å². The molecule has 160 valence electrons. The van der Waals surface area contributed by atoms with Crippen molar-refractivity contribution in [2.24, 2.45) is 0 Å². The molecule has 1 aliphatic rings. The van der Waals surface area contributed by atoms with Crippen LogP contribution in [0.15, 0.2) is 24.4 Å². The van der Waals surface area contributed by atoms with Gasteiger partial charge in [0.2, 0.25) is 11.8 Å². The molecule has 1 aromatic carbocycles. The number of halogens is 2. The predicted octanol–water partition coefficient (Wildman–Crippen LogP) is 1.52. The van der Waals surface area contributed by atoms with Crippen molar-refractivity contribution in [3.63, 3.8) is 0 Å². The quantitative estimate of drug-likeness (QED) is 0.759. The number of alkyl carbamates (subject to hydrolysis) is 1. The second-order valence-corrected chi connectivity index (χ2v) is 8.29. The van der Waals surface area contributed by atoms with Crippen LogP contribution in [-0.2, 0) is 4.74 Å². The van der Waals surface area contributed by atoms with Gasteiger partial charge >= 0.3 is 6.09 Å². The highest BCUT2D eigenvalue weighted by Crippen LogP contribution is 2.32. The SMILES string of the molecule is Bc1cnc(N2C[C@H](NC(=O)OC(C)(C)C)[C@@H](c3cc(F)ccc3F)C2)nc1OC. The lowest BCUT2D eigenvalue weighted by atomic mass is 9.94. The summed E-state index contributed by atoms with van der Waals surface area (Å²) in [6.07, 6.45) is 1.01. The lowest BCUT2D eigenvalue weighted by Crippen LogP contribution is -2.43. The lowest BCUT2D eigenvalue weighted by Gasteiger charge is -2.24. The summed E-state index contributed by atoms with van der Waals surface area (Å²) in [5.41, 5.74) is 0.268. The molecular formula is C20H25BF2N4O3. The van der Waals surface area contributed by atoms with Crippen LogP contribution in [0.4, 0.5) is 19.5 Å². The molecule has 1 aliphatic heterocycles. The Hall–Kier alpha value is -2.91. The Morgan fingerprint density at radius 2 is 2.03 bits per heavy atom. The standard InChI is InChI=1S/C20H25BF2N4O3/c1-20(2,3)30-19(28)25-16-10-27(18-24-8-14(21)17(26-18)29-4)9-13(16)12-7-11(22)5-6-15(12)23/h5-8,13,16H,9-10,21H2,1-4H3,(H,25,28)/t13-,16+/m1/s1. The van der Waals surface area contributed by atoms with E-state index < -0.39 is 35.3 Å². The van der Waals surface area contributed by atoms with Crippen LogP contribution >= 0.6 is 0 Å². The van der Waals surface area contributed by atoms with Crippen LogP contribution in [0.5, 0.6) is 5.88 Å². The average Bonchev–Trinajstić information content (AvgIpc) is 3.06. The molecule has 1 N–H and O–H groups in total. The molecule has 2 aromatic rings. The van der Waals surface area contributed by atoms with E-state index in [2.05, 4.69) is 15.3 Å². The normalized spacial score (nSPS) is 18.9. The zero-order valence-corrected chi connectivity index (χ0v) is 17.7. The fourth-order valence-electron chi connectivity index (χ4n) is 3.46. The highest BCUT2D eigenvalue weighted by atomic mass is 19.1. The number of ether oxygens (including phenoxy) is 2. The molecule has 1 aromatic heterocycles. The van der Waals surface area contributed by atoms with Gasteiger partial charge in [-0.05, 0) is 50.0 Å². The van der Waals surface area contributed by atoms with Crippen LogP contribution in [0.3, 0.4) is 0 Å². The van der Waals surface area contributed by atoms with Crippen LogP contribution in [0.25, 0.3) is 0 Å². The number of anilines is 1. The van der Waals surface area contributed by atoms with Crippen molar-refractivity contribution in [3.05, 3.63) is 41.6 Å². The van der Waals surface area contributed by atoms with E-state index in [-0.39, 0.29) is 12.1 Å². The summed E-state index contributed by atoms with van der Waals surface area (Å²) in [6, 6.07) is 2.77. The Kier molecular flexibility index (Phi) is 6.14. The molecular weight excluding hydrogens is 393 g/mol. The second-order valence-electron chi connectivity index (χ2n) is 8.29. The number of carbonyl (C=O) groups is 1. The zero-order chi connectivity index (χ0) is 22.1. The number of nitrogens with one attached hydrogen (secondary N) is 1. The van der Waals surface area contributed by atoms with E-state index in [0.717, 1.165) is 23.7 Å². The molecule has 0 bridgehead atoms. The molecule has 7 nitrogen and oxygen atoms in total. The van der Waals surface area contributed by atoms with Crippen molar-refractivity contribution in [3.8, 4) is 5.88 Å². The van der Waals surface area contributed by atoms with Gasteiger partial charge < -0.3 is 19.7 Å². The first kappa shape index (κ1) is 21.8. The van der Waals surface area contributed by atoms with Crippen LogP contribution in [0.1, 0.15) is 32.3 Å². The van der Waals surface area contributed by atoms with Crippen LogP contribution in [-0.4, -0.2) is 55.7 Å². The van der Waals surface area contributed by atoms with Crippen molar-refractivity contribution < 1.29 is 23.0 Å². The minimum Gasteiger partial charge on any atom is -0.481 e. The van der Waals surface area contributed by atoms with Gasteiger partial charge in [0, 0.05) is 25.2 Å². The first-order valence-electron chi connectivity index (χ1n) is 9.64. The third kappa shape index (κ3) is 4.98. The second kappa shape index (κ2) is 8.45. The number of carbonyl (C=O) groups excluding carboxylic acids is 1. The number of hydrogen-bond donors (Lipinski definition) is 1. The molecule has 10 heteroatoms. The first-order chi connectivity index (χ1) is 14.1. The summed E-state index contributed by atoms with van der Waals surface area (Å²) >= 11 is 0. The third-order valence-corrected chi connectivity index (χ3v) is 4.77. The number of rotatable bonds is 4. The van der Waals surface area contributed by atoms with Gasteiger partial charge in [-0.15, -0.1) is 0 Å². The van der Waals surface area contributed by atoms with E-state index in [1.807, 2.05) is 7.85 Å². The number of nitrogens with zero attached hydrogens (tertiary/aromatic N) is 3. The molecule has 2 atom stereocenters. The molecule has 0 spiro atoms. The Bertz CT molecular complexity index is 939. The molecule has 2 heterocycles. The van der Waals surface area contributed by atoms with Crippen molar-refractivity contribution >= 4 is 25.4 Å². The van der Waals surface area contributed by atoms with Crippen molar-refractivity contribution in [1.29, 1.82) is 0 Å². The van der Waals surface area contributed by atoms with Gasteiger partial charge in [-0.1, -0.05) is 0 Å². The van der Waals surface area contributed by atoms with E-state index in [0.29, 0.717) is 18.4 Å². The monoisotopic (exact) mass is 418 g/mol. The molecule has 3 rings (SSSR count). The summed E-state index contributed by atoms with van der Waals surface area (Å²) in [5.74, 6) is -0.801. The third-order valence-electron chi connectivity index (χ3n) is 4.77. The fourth-order valence-corrected chi connectivity index (χ4v) is 3.46. The number of methoxy groups -OCH3 is 1. The smallest absolute Gasteiger partial charge is 0.407 e. The lowest BCUT2D eigenvalue weighted by molar-refractivity contribution is 0.0504. The molecule has 0 radical (unpaired) electrons. The molecule has 0 aliphatic carbocycles. The van der Waals surface area contributed by atoms with Gasteiger partial charge in [0.1, 0.15) is 25.1 Å². The minimum absolute atomic E-state index is 0.178. The number of hydrogen-bond acceptors (Lipinski definition) is 6. The van der Waals surface area contributed by atoms with E-state index in [4.69, 9.17) is 9.47 Å². The highest BCUT2D eigenvalue weighted by molar-refractivity contribution is 6.33. The van der Waals surface area contributed by atoms with E-state index in [1.165, 1.54) is 7.11 Å². The summed E-state index contributed by atoms with van der Waals surface area (Å²) < 4.78 is 39.0. The number of aromatic nitrogens is 2. The summed E-state index contributed by atoms with van der Waals surface area (Å²) in [5, 5.41) is 2.79. The number of benzene rings is 1. The molecule has 1 amide bonds. The summed E-state index contributed by atoms with van der Waals surface area (Å²) in [4.78, 5) is 22.9. The molecule has 0 saturated carbocycles. The van der Waals surface area contributed by atoms with Gasteiger partial charge in [-0.2, -0.15) is 4.98 Å². The van der Waals surface area contributed by atoms with E-state index in [1.54, 1.807) is 31.9 Å². The predicted molar refractivity (Wildman–Crippen MR) is 111 cm³/mol. The Morgan fingerprint density at radius 3 is 2.70 bits per heavy atom. The molecule has 0 unspecified atom stereocenters.